The molecule has 0 unspecified atom stereocenters. The van der Waals surface area contributed by atoms with Crippen molar-refractivity contribution < 1.29 is 14.3 Å². The lowest BCUT2D eigenvalue weighted by molar-refractivity contribution is -0.173. The minimum Gasteiger partial charge on any atom is -0.489 e. The zero-order valence-corrected chi connectivity index (χ0v) is 13.4. The first-order valence-electron chi connectivity index (χ1n) is 7.62. The summed E-state index contributed by atoms with van der Waals surface area (Å²) in [6.45, 7) is 1.87. The van der Waals surface area contributed by atoms with Gasteiger partial charge in [-0.15, -0.1) is 11.3 Å². The number of carbonyl (C=O) groups excluding carboxylic acids is 1. The summed E-state index contributed by atoms with van der Waals surface area (Å²) in [5.41, 5.74) is 1.93. The number of hydrogen-bond donors (Lipinski definition) is 0. The number of likely N-dealkylation sites (tertiary alicyclic amines) is 1. The summed E-state index contributed by atoms with van der Waals surface area (Å²) in [5, 5.41) is 1.78. The van der Waals surface area contributed by atoms with Gasteiger partial charge in [0, 0.05) is 24.4 Å². The Morgan fingerprint density at radius 1 is 1.48 bits per heavy atom. The Morgan fingerprint density at radius 2 is 2.39 bits per heavy atom. The average molecular weight is 331 g/mol. The van der Waals surface area contributed by atoms with Crippen LogP contribution < -0.4 is 4.74 Å². The van der Waals surface area contributed by atoms with Gasteiger partial charge >= 0.3 is 0 Å². The number of nitrogens with zero attached hydrogens (tertiary/aromatic N) is 3. The van der Waals surface area contributed by atoms with Gasteiger partial charge in [-0.1, -0.05) is 0 Å². The molecule has 1 amide bonds. The van der Waals surface area contributed by atoms with E-state index < -0.39 is 0 Å². The molecule has 0 aromatic carbocycles. The van der Waals surface area contributed by atoms with Gasteiger partial charge < -0.3 is 14.4 Å². The molecule has 2 saturated heterocycles. The third kappa shape index (κ3) is 2.94. The molecular weight excluding hydrogens is 314 g/mol. The van der Waals surface area contributed by atoms with E-state index in [0.29, 0.717) is 25.4 Å². The molecule has 0 radical (unpaired) electrons. The van der Waals surface area contributed by atoms with E-state index >= 15 is 0 Å². The van der Waals surface area contributed by atoms with Crippen LogP contribution in [-0.2, 0) is 4.74 Å². The number of carbonyl (C=O) groups is 1. The van der Waals surface area contributed by atoms with Crippen LogP contribution >= 0.6 is 11.3 Å². The maximum absolute atomic E-state index is 12.3. The lowest BCUT2D eigenvalue weighted by atomic mass is 9.84. The van der Waals surface area contributed by atoms with E-state index in [-0.39, 0.29) is 17.6 Å². The largest absolute Gasteiger partial charge is 0.489 e. The second-order valence-electron chi connectivity index (χ2n) is 5.99. The van der Waals surface area contributed by atoms with Gasteiger partial charge in [-0.25, -0.2) is 4.98 Å². The molecule has 0 saturated carbocycles. The second kappa shape index (κ2) is 5.90. The van der Waals surface area contributed by atoms with Crippen LogP contribution in [0.2, 0.25) is 0 Å². The first-order valence-corrected chi connectivity index (χ1v) is 8.57. The van der Waals surface area contributed by atoms with Crippen molar-refractivity contribution in [2.24, 2.45) is 0 Å². The number of pyridine rings is 1. The maximum atomic E-state index is 12.3. The Morgan fingerprint density at radius 3 is 3.13 bits per heavy atom. The predicted octanol–water partition coefficient (Wildman–Crippen LogP) is 1.99. The van der Waals surface area contributed by atoms with Crippen molar-refractivity contribution in [2.45, 2.75) is 24.5 Å². The van der Waals surface area contributed by atoms with E-state index in [1.807, 2.05) is 12.1 Å². The fourth-order valence-electron chi connectivity index (χ4n) is 3.19. The van der Waals surface area contributed by atoms with Gasteiger partial charge in [0.1, 0.15) is 23.1 Å². The van der Waals surface area contributed by atoms with Crippen LogP contribution in [-0.4, -0.2) is 52.2 Å². The minimum atomic E-state index is -0.267. The molecule has 120 valence electrons. The highest BCUT2D eigenvalue weighted by atomic mass is 32.1. The quantitative estimate of drug-likeness (QED) is 0.860. The monoisotopic (exact) mass is 331 g/mol. The molecule has 2 aromatic heterocycles. The van der Waals surface area contributed by atoms with E-state index in [0.717, 1.165) is 18.6 Å². The van der Waals surface area contributed by atoms with Gasteiger partial charge in [-0.2, -0.15) is 0 Å². The molecule has 7 heteroatoms. The van der Waals surface area contributed by atoms with Gasteiger partial charge in [0.25, 0.3) is 5.91 Å². The fourth-order valence-corrected chi connectivity index (χ4v) is 3.71. The van der Waals surface area contributed by atoms with Crippen molar-refractivity contribution in [3.63, 3.8) is 0 Å². The Labute approximate surface area is 138 Å². The number of hydrogen-bond acceptors (Lipinski definition) is 6. The molecule has 2 fully saturated rings. The fraction of sp³-hybridized carbons (Fsp3) is 0.438. The molecule has 2 aliphatic heterocycles. The average Bonchev–Trinajstić information content (AvgIpc) is 3.07. The van der Waals surface area contributed by atoms with E-state index in [1.165, 1.54) is 11.3 Å². The van der Waals surface area contributed by atoms with E-state index in [4.69, 9.17) is 9.47 Å². The zero-order chi connectivity index (χ0) is 15.7. The smallest absolute Gasteiger partial charge is 0.273 e. The van der Waals surface area contributed by atoms with Crippen molar-refractivity contribution in [1.82, 2.24) is 14.9 Å². The Kier molecular flexibility index (Phi) is 3.74. The topological polar surface area (TPSA) is 64.6 Å². The zero-order valence-electron chi connectivity index (χ0n) is 12.6. The highest BCUT2D eigenvalue weighted by Crippen LogP contribution is 2.36. The van der Waals surface area contributed by atoms with Crippen LogP contribution in [0.1, 0.15) is 23.3 Å². The number of rotatable bonds is 3. The molecular formula is C16H17N3O3S. The summed E-state index contributed by atoms with van der Waals surface area (Å²) in [4.78, 5) is 22.2. The molecule has 1 atom stereocenters. The van der Waals surface area contributed by atoms with Crippen LogP contribution in [0.15, 0.2) is 35.4 Å². The number of thiazole rings is 1. The highest BCUT2D eigenvalue weighted by Gasteiger charge is 2.50. The van der Waals surface area contributed by atoms with Crippen molar-refractivity contribution >= 4 is 17.2 Å². The summed E-state index contributed by atoms with van der Waals surface area (Å²) in [6, 6.07) is 3.77. The number of amides is 1. The van der Waals surface area contributed by atoms with Gasteiger partial charge in [-0.05, 0) is 12.1 Å². The van der Waals surface area contributed by atoms with Crippen molar-refractivity contribution in [1.29, 1.82) is 0 Å². The maximum Gasteiger partial charge on any atom is 0.273 e. The first kappa shape index (κ1) is 14.6. The number of ether oxygens (including phenoxy) is 2. The third-order valence-corrected chi connectivity index (χ3v) is 4.87. The van der Waals surface area contributed by atoms with Crippen LogP contribution in [0, 0.1) is 0 Å². The van der Waals surface area contributed by atoms with Crippen molar-refractivity contribution in [2.75, 3.05) is 19.7 Å². The Balaban J connectivity index is 1.36. The lowest BCUT2D eigenvalue weighted by Gasteiger charge is -2.52. The molecule has 4 heterocycles. The molecule has 1 spiro atoms. The third-order valence-electron chi connectivity index (χ3n) is 4.28. The van der Waals surface area contributed by atoms with Gasteiger partial charge in [0.05, 0.1) is 31.4 Å². The molecule has 6 nitrogen and oxygen atoms in total. The highest BCUT2D eigenvalue weighted by molar-refractivity contribution is 7.07. The minimum absolute atomic E-state index is 0.0178. The van der Waals surface area contributed by atoms with Crippen LogP contribution in [0.25, 0.3) is 0 Å². The Bertz CT molecular complexity index is 671. The van der Waals surface area contributed by atoms with Crippen molar-refractivity contribution in [3.05, 3.63) is 41.1 Å². The van der Waals surface area contributed by atoms with Crippen molar-refractivity contribution in [3.8, 4) is 5.75 Å². The first-order chi connectivity index (χ1) is 11.2. The summed E-state index contributed by atoms with van der Waals surface area (Å²) < 4.78 is 12.0. The van der Waals surface area contributed by atoms with E-state index in [1.54, 1.807) is 28.2 Å². The molecule has 0 bridgehead atoms. The second-order valence-corrected chi connectivity index (χ2v) is 6.71. The van der Waals surface area contributed by atoms with Crippen LogP contribution in [0.4, 0.5) is 0 Å². The number of aromatic nitrogens is 2. The van der Waals surface area contributed by atoms with E-state index in [9.17, 15) is 4.79 Å². The molecule has 23 heavy (non-hydrogen) atoms. The van der Waals surface area contributed by atoms with Gasteiger partial charge in [0.15, 0.2) is 0 Å². The summed E-state index contributed by atoms with van der Waals surface area (Å²) in [5.74, 6) is 0.764. The van der Waals surface area contributed by atoms with Gasteiger partial charge in [-0.3, -0.25) is 9.78 Å². The normalized spacial score (nSPS) is 22.6. The SMILES string of the molecule is O=C(c1cscn1)N1CC2(C[C@@H](Oc3cccnc3)CCO2)C1. The molecule has 0 N–H and O–H groups in total. The Hall–Kier alpha value is -1.99. The molecule has 2 aromatic rings. The summed E-state index contributed by atoms with van der Waals surface area (Å²) >= 11 is 1.43. The lowest BCUT2D eigenvalue weighted by Crippen LogP contribution is -2.67. The summed E-state index contributed by atoms with van der Waals surface area (Å²) in [6.07, 6.45) is 5.21. The molecule has 4 rings (SSSR count). The van der Waals surface area contributed by atoms with E-state index in [2.05, 4.69) is 9.97 Å². The van der Waals surface area contributed by atoms with Gasteiger partial charge in [0.2, 0.25) is 0 Å². The summed E-state index contributed by atoms with van der Waals surface area (Å²) in [7, 11) is 0. The standard InChI is InChI=1S/C16H17N3O3S/c20-15(14-8-23-11-18-14)19-9-16(10-19)6-12(3-5-21-16)22-13-2-1-4-17-7-13/h1-2,4,7-8,11-12H,3,5-6,9-10H2/t12-/m0/s1. The van der Waals surface area contributed by atoms with Crippen LogP contribution in [0.3, 0.4) is 0 Å². The predicted molar refractivity (Wildman–Crippen MR) is 84.6 cm³/mol. The molecule has 2 aliphatic rings. The van der Waals surface area contributed by atoms with Crippen LogP contribution in [0.5, 0.6) is 5.75 Å². The molecule has 0 aliphatic carbocycles.